The topological polar surface area (TPSA) is 50.9 Å². The summed E-state index contributed by atoms with van der Waals surface area (Å²) in [7, 11) is 0. The lowest BCUT2D eigenvalue weighted by Crippen LogP contribution is -2.44. The van der Waals surface area contributed by atoms with E-state index in [1.54, 1.807) is 11.0 Å². The third-order valence-electron chi connectivity index (χ3n) is 5.19. The van der Waals surface area contributed by atoms with E-state index in [1.807, 2.05) is 12.1 Å². The van der Waals surface area contributed by atoms with Crippen LogP contribution in [-0.4, -0.2) is 25.5 Å². The molecule has 1 aliphatic rings. The molecule has 4 nitrogen and oxygen atoms in total. The number of hydrogen-bond donors (Lipinski definition) is 1. The van der Waals surface area contributed by atoms with Crippen LogP contribution in [0.2, 0.25) is 5.02 Å². The summed E-state index contributed by atoms with van der Waals surface area (Å²) in [6.45, 7) is 2.71. The molecule has 5 heteroatoms. The number of rotatable bonds is 6. The van der Waals surface area contributed by atoms with Crippen LogP contribution >= 0.6 is 11.6 Å². The Labute approximate surface area is 142 Å². The second-order valence-electron chi connectivity index (χ2n) is 6.67. The van der Waals surface area contributed by atoms with Gasteiger partial charge in [0, 0.05) is 5.02 Å². The van der Waals surface area contributed by atoms with Crippen LogP contribution in [0.3, 0.4) is 0 Å². The fraction of sp³-hybridized carbons (Fsp3) is 0.556. The van der Waals surface area contributed by atoms with Gasteiger partial charge in [0.25, 0.3) is 0 Å². The summed E-state index contributed by atoms with van der Waals surface area (Å²) in [6, 6.07) is 7.97. The summed E-state index contributed by atoms with van der Waals surface area (Å²) in [5.41, 5.74) is 0.511. The van der Waals surface area contributed by atoms with Gasteiger partial charge in [0.2, 0.25) is 0 Å². The van der Waals surface area contributed by atoms with E-state index in [9.17, 15) is 5.11 Å². The fourth-order valence-corrected chi connectivity index (χ4v) is 4.12. The predicted molar refractivity (Wildman–Crippen MR) is 91.2 cm³/mol. The summed E-state index contributed by atoms with van der Waals surface area (Å²) in [5, 5.41) is 16.5. The predicted octanol–water partition coefficient (Wildman–Crippen LogP) is 3.73. The van der Waals surface area contributed by atoms with Crippen molar-refractivity contribution in [2.24, 2.45) is 11.8 Å². The maximum absolute atomic E-state index is 11.5. The lowest BCUT2D eigenvalue weighted by Gasteiger charge is -2.35. The van der Waals surface area contributed by atoms with Crippen molar-refractivity contribution < 1.29 is 5.11 Å². The van der Waals surface area contributed by atoms with Gasteiger partial charge in [-0.1, -0.05) is 37.1 Å². The average molecular weight is 334 g/mol. The summed E-state index contributed by atoms with van der Waals surface area (Å²) >= 11 is 5.98. The minimum atomic E-state index is -0.719. The van der Waals surface area contributed by atoms with Gasteiger partial charge in [-0.2, -0.15) is 5.10 Å². The normalized spacial score (nSPS) is 27.4. The van der Waals surface area contributed by atoms with Crippen LogP contribution in [0.25, 0.3) is 0 Å². The van der Waals surface area contributed by atoms with E-state index in [2.05, 4.69) is 29.1 Å². The highest BCUT2D eigenvalue weighted by atomic mass is 35.5. The average Bonchev–Trinajstić information content (AvgIpc) is 3.13. The van der Waals surface area contributed by atoms with E-state index in [4.69, 9.17) is 11.6 Å². The standard InChI is InChI=1S/C18H24ClN3O/c1-2-3-15-6-7-16(10-14-4-8-17(19)9-5-14)18(15,23)11-22-13-20-12-21-22/h4-5,8-9,12-13,15-16,23H,2-3,6-7,10-11H2,1H3/t15-,16-,18-/m1/s1. The van der Waals surface area contributed by atoms with Gasteiger partial charge in [-0.3, -0.25) is 4.68 Å². The Morgan fingerprint density at radius 3 is 2.65 bits per heavy atom. The first kappa shape index (κ1) is 16.5. The van der Waals surface area contributed by atoms with E-state index >= 15 is 0 Å². The van der Waals surface area contributed by atoms with Gasteiger partial charge in [0.15, 0.2) is 0 Å². The Hall–Kier alpha value is -1.39. The summed E-state index contributed by atoms with van der Waals surface area (Å²) in [6.07, 6.45) is 8.39. The monoisotopic (exact) mass is 333 g/mol. The number of hydrogen-bond acceptors (Lipinski definition) is 3. The molecule has 0 aliphatic heterocycles. The van der Waals surface area contributed by atoms with E-state index in [-0.39, 0.29) is 5.92 Å². The van der Waals surface area contributed by atoms with Crippen molar-refractivity contribution >= 4 is 11.6 Å². The number of benzene rings is 1. The molecule has 1 aliphatic carbocycles. The van der Waals surface area contributed by atoms with E-state index in [1.165, 1.54) is 11.9 Å². The molecule has 1 aromatic carbocycles. The molecule has 23 heavy (non-hydrogen) atoms. The van der Waals surface area contributed by atoms with Crippen LogP contribution in [0, 0.1) is 11.8 Å². The van der Waals surface area contributed by atoms with Crippen molar-refractivity contribution in [3.63, 3.8) is 0 Å². The zero-order valence-corrected chi connectivity index (χ0v) is 14.3. The van der Waals surface area contributed by atoms with Crippen LogP contribution in [-0.2, 0) is 13.0 Å². The van der Waals surface area contributed by atoms with Gasteiger partial charge in [-0.25, -0.2) is 4.98 Å². The number of halogens is 1. The maximum Gasteiger partial charge on any atom is 0.137 e. The third-order valence-corrected chi connectivity index (χ3v) is 5.44. The van der Waals surface area contributed by atoms with Crippen molar-refractivity contribution in [2.75, 3.05) is 0 Å². The minimum absolute atomic E-state index is 0.240. The maximum atomic E-state index is 11.5. The first-order chi connectivity index (χ1) is 11.1. The Balaban J connectivity index is 1.80. The van der Waals surface area contributed by atoms with Gasteiger partial charge >= 0.3 is 0 Å². The van der Waals surface area contributed by atoms with Crippen molar-refractivity contribution in [3.8, 4) is 0 Å². The lowest BCUT2D eigenvalue weighted by atomic mass is 9.79. The molecule has 124 valence electrons. The van der Waals surface area contributed by atoms with Crippen molar-refractivity contribution in [3.05, 3.63) is 47.5 Å². The molecule has 0 radical (unpaired) electrons. The van der Waals surface area contributed by atoms with Crippen molar-refractivity contribution in [1.29, 1.82) is 0 Å². The van der Waals surface area contributed by atoms with Crippen molar-refractivity contribution in [2.45, 2.75) is 51.2 Å². The molecule has 0 unspecified atom stereocenters. The van der Waals surface area contributed by atoms with Crippen LogP contribution in [0.5, 0.6) is 0 Å². The number of aliphatic hydroxyl groups is 1. The molecule has 1 N–H and O–H groups in total. The molecule has 0 bridgehead atoms. The van der Waals surface area contributed by atoms with Crippen LogP contribution < -0.4 is 0 Å². The highest BCUT2D eigenvalue weighted by molar-refractivity contribution is 6.30. The Kier molecular flexibility index (Phi) is 5.02. The largest absolute Gasteiger partial charge is 0.387 e. The fourth-order valence-electron chi connectivity index (χ4n) is 3.99. The van der Waals surface area contributed by atoms with E-state index in [0.717, 1.165) is 37.1 Å². The summed E-state index contributed by atoms with van der Waals surface area (Å²) in [4.78, 5) is 4.01. The molecular formula is C18H24ClN3O. The molecule has 0 spiro atoms. The summed E-state index contributed by atoms with van der Waals surface area (Å²) < 4.78 is 1.77. The van der Waals surface area contributed by atoms with Gasteiger partial charge in [-0.05, 0) is 55.2 Å². The molecule has 0 amide bonds. The first-order valence-electron chi connectivity index (χ1n) is 8.41. The lowest BCUT2D eigenvalue weighted by molar-refractivity contribution is -0.0560. The zero-order chi connectivity index (χ0) is 16.3. The molecule has 1 saturated carbocycles. The highest BCUT2D eigenvalue weighted by Crippen LogP contribution is 2.45. The molecule has 1 fully saturated rings. The SMILES string of the molecule is CCC[C@@H]1CC[C@H](Cc2ccc(Cl)cc2)[C@@]1(O)Cn1cncn1. The molecule has 1 heterocycles. The minimum Gasteiger partial charge on any atom is -0.387 e. The van der Waals surface area contributed by atoms with Gasteiger partial charge in [0.1, 0.15) is 12.7 Å². The second-order valence-corrected chi connectivity index (χ2v) is 7.11. The first-order valence-corrected chi connectivity index (χ1v) is 8.79. The summed E-state index contributed by atoms with van der Waals surface area (Å²) in [5.74, 6) is 0.568. The molecular weight excluding hydrogens is 310 g/mol. The molecule has 3 atom stereocenters. The van der Waals surface area contributed by atoms with Gasteiger partial charge < -0.3 is 5.11 Å². The van der Waals surface area contributed by atoms with E-state index in [0.29, 0.717) is 12.5 Å². The van der Waals surface area contributed by atoms with Crippen LogP contribution in [0.15, 0.2) is 36.9 Å². The van der Waals surface area contributed by atoms with Crippen LogP contribution in [0.1, 0.15) is 38.2 Å². The molecule has 1 aromatic heterocycles. The molecule has 0 saturated heterocycles. The van der Waals surface area contributed by atoms with Crippen LogP contribution in [0.4, 0.5) is 0 Å². The van der Waals surface area contributed by atoms with Crippen molar-refractivity contribution in [1.82, 2.24) is 14.8 Å². The Bertz CT molecular complexity index is 614. The van der Waals surface area contributed by atoms with E-state index < -0.39 is 5.60 Å². The van der Waals surface area contributed by atoms with Gasteiger partial charge in [-0.15, -0.1) is 0 Å². The Morgan fingerprint density at radius 2 is 2.00 bits per heavy atom. The molecule has 3 rings (SSSR count). The quantitative estimate of drug-likeness (QED) is 0.876. The number of aromatic nitrogens is 3. The third kappa shape index (κ3) is 3.59. The second kappa shape index (κ2) is 7.02. The highest BCUT2D eigenvalue weighted by Gasteiger charge is 2.48. The van der Waals surface area contributed by atoms with Gasteiger partial charge in [0.05, 0.1) is 12.1 Å². The zero-order valence-electron chi connectivity index (χ0n) is 13.5. The Morgan fingerprint density at radius 1 is 1.26 bits per heavy atom. The smallest absolute Gasteiger partial charge is 0.137 e. The molecule has 2 aromatic rings. The number of nitrogens with zero attached hydrogens (tertiary/aromatic N) is 3.